The van der Waals surface area contributed by atoms with Gasteiger partial charge in [-0.15, -0.1) is 0 Å². The third kappa shape index (κ3) is 3.74. The lowest BCUT2D eigenvalue weighted by molar-refractivity contribution is -0.0196. The molecule has 90 valence electrons. The van der Waals surface area contributed by atoms with Crippen molar-refractivity contribution in [2.45, 2.75) is 45.3 Å². The molecule has 0 saturated heterocycles. The Morgan fingerprint density at radius 1 is 1.40 bits per heavy atom. The molecule has 0 aromatic rings. The van der Waals surface area contributed by atoms with Crippen LogP contribution in [-0.2, 0) is 14.8 Å². The molecule has 4 nitrogen and oxygen atoms in total. The molecule has 1 aliphatic rings. The number of hydrogen-bond acceptors (Lipinski definition) is 3. The van der Waals surface area contributed by atoms with Gasteiger partial charge in [-0.2, -0.15) is 4.31 Å². The summed E-state index contributed by atoms with van der Waals surface area (Å²) in [5, 5.41) is 0. The molecule has 0 radical (unpaired) electrons. The third-order valence-corrected chi connectivity index (χ3v) is 3.90. The molecule has 1 rings (SSSR count). The predicted molar refractivity (Wildman–Crippen MR) is 60.3 cm³/mol. The van der Waals surface area contributed by atoms with Crippen molar-refractivity contribution < 1.29 is 13.2 Å². The summed E-state index contributed by atoms with van der Waals surface area (Å²) >= 11 is 0. The summed E-state index contributed by atoms with van der Waals surface area (Å²) in [7, 11) is -3.09. The van der Waals surface area contributed by atoms with Gasteiger partial charge in [-0.05, 0) is 26.7 Å². The van der Waals surface area contributed by atoms with Crippen LogP contribution < -0.4 is 0 Å². The van der Waals surface area contributed by atoms with Crippen LogP contribution in [0.15, 0.2) is 0 Å². The average molecular weight is 235 g/mol. The van der Waals surface area contributed by atoms with Crippen LogP contribution in [0.1, 0.15) is 33.6 Å². The largest absolute Gasteiger partial charge is 0.371 e. The van der Waals surface area contributed by atoms with Crippen molar-refractivity contribution >= 4 is 10.0 Å². The molecule has 0 atom stereocenters. The van der Waals surface area contributed by atoms with E-state index in [2.05, 4.69) is 0 Å². The fourth-order valence-corrected chi connectivity index (χ4v) is 2.68. The molecule has 5 heteroatoms. The first-order valence-electron chi connectivity index (χ1n) is 5.42. The van der Waals surface area contributed by atoms with Crippen molar-refractivity contribution in [3.05, 3.63) is 0 Å². The van der Waals surface area contributed by atoms with Crippen LogP contribution >= 0.6 is 0 Å². The minimum absolute atomic E-state index is 0.158. The molecule has 0 heterocycles. The molecule has 1 saturated carbocycles. The number of sulfonamides is 1. The number of likely N-dealkylation sites (N-methyl/N-ethyl adjacent to an activating group) is 1. The van der Waals surface area contributed by atoms with Crippen molar-refractivity contribution in [1.82, 2.24) is 4.31 Å². The number of ether oxygens (including phenoxy) is 1. The summed E-state index contributed by atoms with van der Waals surface area (Å²) in [5.74, 6) is 0. The zero-order chi connectivity index (χ0) is 11.7. The molecule has 0 amide bonds. The standard InChI is InChI=1S/C10H21NO3S/c1-5-11(15(4,12)13)8-10(6-7-10)14-9(2)3/h9H,5-8H2,1-4H3. The highest BCUT2D eigenvalue weighted by atomic mass is 32.2. The Kier molecular flexibility index (Phi) is 3.79. The minimum Gasteiger partial charge on any atom is -0.371 e. The summed E-state index contributed by atoms with van der Waals surface area (Å²) in [4.78, 5) is 0. The number of nitrogens with zero attached hydrogens (tertiary/aromatic N) is 1. The second-order valence-corrected chi connectivity index (χ2v) is 6.52. The maximum atomic E-state index is 11.4. The van der Waals surface area contributed by atoms with Crippen molar-refractivity contribution in [2.75, 3.05) is 19.3 Å². The molecular formula is C10H21NO3S. The van der Waals surface area contributed by atoms with E-state index < -0.39 is 10.0 Å². The third-order valence-electron chi connectivity index (χ3n) is 2.58. The quantitative estimate of drug-likeness (QED) is 0.695. The van der Waals surface area contributed by atoms with Crippen molar-refractivity contribution in [2.24, 2.45) is 0 Å². The lowest BCUT2D eigenvalue weighted by atomic mass is 10.3. The summed E-state index contributed by atoms with van der Waals surface area (Å²) < 4.78 is 30.1. The van der Waals surface area contributed by atoms with Crippen LogP contribution in [-0.4, -0.2) is 43.8 Å². The molecule has 15 heavy (non-hydrogen) atoms. The van der Waals surface area contributed by atoms with Gasteiger partial charge in [0.15, 0.2) is 0 Å². The molecule has 1 aliphatic carbocycles. The maximum Gasteiger partial charge on any atom is 0.211 e. The SMILES string of the molecule is CCN(CC1(OC(C)C)CC1)S(C)(=O)=O. The second-order valence-electron chi connectivity index (χ2n) is 4.54. The fourth-order valence-electron chi connectivity index (χ4n) is 1.74. The highest BCUT2D eigenvalue weighted by Gasteiger charge is 2.47. The summed E-state index contributed by atoms with van der Waals surface area (Å²) in [6.45, 7) is 6.84. The lowest BCUT2D eigenvalue weighted by Gasteiger charge is -2.26. The van der Waals surface area contributed by atoms with Crippen LogP contribution in [0.3, 0.4) is 0 Å². The highest BCUT2D eigenvalue weighted by Crippen LogP contribution is 2.41. The van der Waals surface area contributed by atoms with E-state index in [1.54, 1.807) is 0 Å². The van der Waals surface area contributed by atoms with E-state index in [4.69, 9.17) is 4.74 Å². The van der Waals surface area contributed by atoms with Crippen LogP contribution in [0.4, 0.5) is 0 Å². The molecule has 0 aliphatic heterocycles. The Morgan fingerprint density at radius 2 is 1.93 bits per heavy atom. The molecule has 1 fully saturated rings. The lowest BCUT2D eigenvalue weighted by Crippen LogP contribution is -2.39. The van der Waals surface area contributed by atoms with E-state index >= 15 is 0 Å². The molecule has 0 unspecified atom stereocenters. The van der Waals surface area contributed by atoms with E-state index in [1.165, 1.54) is 10.6 Å². The van der Waals surface area contributed by atoms with Gasteiger partial charge in [-0.3, -0.25) is 0 Å². The van der Waals surface area contributed by atoms with Gasteiger partial charge >= 0.3 is 0 Å². The van der Waals surface area contributed by atoms with Gasteiger partial charge in [0.1, 0.15) is 0 Å². The van der Waals surface area contributed by atoms with Crippen LogP contribution in [0.2, 0.25) is 0 Å². The first-order valence-corrected chi connectivity index (χ1v) is 7.27. The maximum absolute atomic E-state index is 11.4. The smallest absolute Gasteiger partial charge is 0.211 e. The first kappa shape index (κ1) is 12.9. The minimum atomic E-state index is -3.09. The van der Waals surface area contributed by atoms with Crippen molar-refractivity contribution in [1.29, 1.82) is 0 Å². The second kappa shape index (κ2) is 4.39. The Labute approximate surface area is 92.7 Å². The number of rotatable bonds is 6. The molecular weight excluding hydrogens is 214 g/mol. The average Bonchev–Trinajstić information content (AvgIpc) is 2.78. The normalized spacial score (nSPS) is 19.9. The number of hydrogen-bond donors (Lipinski definition) is 0. The van der Waals surface area contributed by atoms with Gasteiger partial charge in [0.05, 0.1) is 18.0 Å². The molecule has 0 bridgehead atoms. The van der Waals surface area contributed by atoms with E-state index in [0.717, 1.165) is 12.8 Å². The Morgan fingerprint density at radius 3 is 2.20 bits per heavy atom. The molecule has 0 aromatic carbocycles. The van der Waals surface area contributed by atoms with Gasteiger partial charge in [-0.1, -0.05) is 6.92 Å². The van der Waals surface area contributed by atoms with E-state index in [1.807, 2.05) is 20.8 Å². The Bertz CT molecular complexity index is 307. The van der Waals surface area contributed by atoms with Gasteiger partial charge in [0.2, 0.25) is 10.0 Å². The topological polar surface area (TPSA) is 46.6 Å². The fraction of sp³-hybridized carbons (Fsp3) is 1.00. The molecule has 0 aromatic heterocycles. The van der Waals surface area contributed by atoms with Crippen molar-refractivity contribution in [3.8, 4) is 0 Å². The molecule has 0 spiro atoms. The van der Waals surface area contributed by atoms with Crippen molar-refractivity contribution in [3.63, 3.8) is 0 Å². The van der Waals surface area contributed by atoms with E-state index in [9.17, 15) is 8.42 Å². The zero-order valence-corrected chi connectivity index (χ0v) is 10.8. The zero-order valence-electron chi connectivity index (χ0n) is 9.99. The Balaban J connectivity index is 2.60. The predicted octanol–water partition coefficient (Wildman–Crippen LogP) is 1.23. The van der Waals surface area contributed by atoms with Gasteiger partial charge in [0, 0.05) is 13.1 Å². The molecule has 0 N–H and O–H groups in total. The Hall–Kier alpha value is -0.130. The highest BCUT2D eigenvalue weighted by molar-refractivity contribution is 7.88. The summed E-state index contributed by atoms with van der Waals surface area (Å²) in [5.41, 5.74) is -0.201. The van der Waals surface area contributed by atoms with E-state index in [0.29, 0.717) is 13.1 Å². The van der Waals surface area contributed by atoms with Crippen LogP contribution in [0.5, 0.6) is 0 Å². The van der Waals surface area contributed by atoms with Gasteiger partial charge in [-0.25, -0.2) is 8.42 Å². The summed E-state index contributed by atoms with van der Waals surface area (Å²) in [6.07, 6.45) is 3.35. The van der Waals surface area contributed by atoms with Crippen LogP contribution in [0, 0.1) is 0 Å². The summed E-state index contributed by atoms with van der Waals surface area (Å²) in [6, 6.07) is 0. The monoisotopic (exact) mass is 235 g/mol. The van der Waals surface area contributed by atoms with Gasteiger partial charge in [0.25, 0.3) is 0 Å². The van der Waals surface area contributed by atoms with E-state index in [-0.39, 0.29) is 11.7 Å². The van der Waals surface area contributed by atoms with Gasteiger partial charge < -0.3 is 4.74 Å². The van der Waals surface area contributed by atoms with Crippen LogP contribution in [0.25, 0.3) is 0 Å². The first-order chi connectivity index (χ1) is 6.79.